The van der Waals surface area contributed by atoms with Crippen molar-refractivity contribution in [2.75, 3.05) is 59.0 Å². The molecule has 2 aliphatic rings. The lowest BCUT2D eigenvalue weighted by Gasteiger charge is -2.35. The molecule has 1 aliphatic heterocycles. The van der Waals surface area contributed by atoms with Crippen molar-refractivity contribution in [2.24, 2.45) is 10.9 Å². The molecule has 1 aromatic carbocycles. The molecule has 7 nitrogen and oxygen atoms in total. The zero-order chi connectivity index (χ0) is 21.7. The second-order valence-electron chi connectivity index (χ2n) is 8.37. The summed E-state index contributed by atoms with van der Waals surface area (Å²) in [7, 11) is 0. The Balaban J connectivity index is 0.00000363. The van der Waals surface area contributed by atoms with Crippen LogP contribution in [0.15, 0.2) is 35.3 Å². The molecule has 2 N–H and O–H groups in total. The van der Waals surface area contributed by atoms with Crippen LogP contribution in [0.25, 0.3) is 0 Å². The fourth-order valence-corrected chi connectivity index (χ4v) is 4.27. The molecule has 0 radical (unpaired) electrons. The molecule has 0 atom stereocenters. The second-order valence-corrected chi connectivity index (χ2v) is 8.37. The smallest absolute Gasteiger partial charge is 0.225 e. The number of aliphatic imine (C=N–C) groups is 1. The van der Waals surface area contributed by atoms with Crippen molar-refractivity contribution in [3.8, 4) is 0 Å². The van der Waals surface area contributed by atoms with E-state index < -0.39 is 0 Å². The molecule has 1 aliphatic carbocycles. The van der Waals surface area contributed by atoms with Crippen molar-refractivity contribution < 1.29 is 9.53 Å². The van der Waals surface area contributed by atoms with Gasteiger partial charge in [0.05, 0.1) is 19.8 Å². The number of benzene rings is 1. The third-order valence-corrected chi connectivity index (χ3v) is 6.07. The van der Waals surface area contributed by atoms with Crippen molar-refractivity contribution in [3.05, 3.63) is 35.9 Å². The van der Waals surface area contributed by atoms with Crippen LogP contribution in [0.1, 0.15) is 38.2 Å². The van der Waals surface area contributed by atoms with Gasteiger partial charge >= 0.3 is 0 Å². The normalized spacial score (nSPS) is 17.8. The Morgan fingerprint density at radius 1 is 1.09 bits per heavy atom. The minimum absolute atomic E-state index is 0. The highest BCUT2D eigenvalue weighted by atomic mass is 127. The molecule has 3 rings (SSSR count). The predicted octanol–water partition coefficient (Wildman–Crippen LogP) is 2.71. The zero-order valence-corrected chi connectivity index (χ0v) is 21.8. The first-order valence-electron chi connectivity index (χ1n) is 11.9. The van der Waals surface area contributed by atoms with Crippen LogP contribution in [-0.2, 0) is 16.1 Å². The third-order valence-electron chi connectivity index (χ3n) is 6.07. The highest BCUT2D eigenvalue weighted by Crippen LogP contribution is 2.26. The van der Waals surface area contributed by atoms with Gasteiger partial charge < -0.3 is 20.3 Å². The predicted molar refractivity (Wildman–Crippen MR) is 140 cm³/mol. The topological polar surface area (TPSA) is 69.2 Å². The lowest BCUT2D eigenvalue weighted by molar-refractivity contribution is -0.137. The van der Waals surface area contributed by atoms with Gasteiger partial charge in [0, 0.05) is 51.7 Å². The first-order chi connectivity index (χ1) is 15.3. The van der Waals surface area contributed by atoms with Crippen LogP contribution in [0.5, 0.6) is 0 Å². The van der Waals surface area contributed by atoms with Crippen molar-refractivity contribution in [2.45, 2.75) is 39.2 Å². The summed E-state index contributed by atoms with van der Waals surface area (Å²) in [6, 6.07) is 10.2. The number of carbonyl (C=O) groups excluding carboxylic acids is 1. The number of ether oxygens (including phenoxy) is 1. The Kier molecular flexibility index (Phi) is 13.0. The Morgan fingerprint density at radius 2 is 1.81 bits per heavy atom. The summed E-state index contributed by atoms with van der Waals surface area (Å²) in [4.78, 5) is 21.8. The number of amides is 1. The standard InChI is InChI=1S/C24H39N5O2.HI/c1-2-25-24(27-13-19-31-20-21-8-4-3-5-9-21)26-12-14-28-15-17-29(18-16-28)23(30)22-10-6-7-11-22;/h3-5,8-9,22H,2,6-7,10-20H2,1H3,(H2,25,26,27);1H. The number of rotatable bonds is 10. The molecule has 0 bridgehead atoms. The lowest BCUT2D eigenvalue weighted by atomic mass is 10.1. The minimum atomic E-state index is 0. The van der Waals surface area contributed by atoms with Gasteiger partial charge in [-0.3, -0.25) is 14.7 Å². The van der Waals surface area contributed by atoms with E-state index in [1.54, 1.807) is 0 Å². The molecule has 1 heterocycles. The van der Waals surface area contributed by atoms with Crippen LogP contribution in [0.4, 0.5) is 0 Å². The quantitative estimate of drug-likeness (QED) is 0.201. The van der Waals surface area contributed by atoms with E-state index in [2.05, 4.69) is 39.5 Å². The van der Waals surface area contributed by atoms with E-state index >= 15 is 0 Å². The van der Waals surface area contributed by atoms with E-state index in [-0.39, 0.29) is 24.0 Å². The van der Waals surface area contributed by atoms with Gasteiger partial charge in [0.15, 0.2) is 5.96 Å². The largest absolute Gasteiger partial charge is 0.375 e. The molecule has 1 saturated carbocycles. The van der Waals surface area contributed by atoms with E-state index in [0.717, 1.165) is 71.2 Å². The van der Waals surface area contributed by atoms with Crippen molar-refractivity contribution in [1.82, 2.24) is 20.4 Å². The van der Waals surface area contributed by atoms with Gasteiger partial charge in [0.25, 0.3) is 0 Å². The van der Waals surface area contributed by atoms with E-state index in [1.165, 1.54) is 18.4 Å². The van der Waals surface area contributed by atoms with E-state index in [9.17, 15) is 4.79 Å². The molecular formula is C24H40IN5O2. The Bertz CT molecular complexity index is 674. The number of hydrogen-bond acceptors (Lipinski definition) is 4. The molecule has 180 valence electrons. The number of hydrogen-bond donors (Lipinski definition) is 2. The maximum Gasteiger partial charge on any atom is 0.225 e. The van der Waals surface area contributed by atoms with E-state index in [4.69, 9.17) is 9.73 Å². The number of carbonyl (C=O) groups is 1. The third kappa shape index (κ3) is 9.23. The zero-order valence-electron chi connectivity index (χ0n) is 19.4. The Labute approximate surface area is 210 Å². The molecule has 0 spiro atoms. The molecule has 8 heteroatoms. The van der Waals surface area contributed by atoms with Gasteiger partial charge in [-0.1, -0.05) is 43.2 Å². The maximum atomic E-state index is 12.6. The maximum absolute atomic E-state index is 12.6. The van der Waals surface area contributed by atoms with Crippen molar-refractivity contribution >= 4 is 35.8 Å². The van der Waals surface area contributed by atoms with Gasteiger partial charge in [-0.05, 0) is 25.3 Å². The number of nitrogens with one attached hydrogen (secondary N) is 2. The molecule has 32 heavy (non-hydrogen) atoms. The van der Waals surface area contributed by atoms with E-state index in [0.29, 0.717) is 25.0 Å². The van der Waals surface area contributed by atoms with Crippen molar-refractivity contribution in [1.29, 1.82) is 0 Å². The molecule has 1 aromatic rings. The summed E-state index contributed by atoms with van der Waals surface area (Å²) in [5.74, 6) is 1.52. The summed E-state index contributed by atoms with van der Waals surface area (Å²) in [5, 5.41) is 6.63. The fraction of sp³-hybridized carbons (Fsp3) is 0.667. The number of halogens is 1. The van der Waals surface area contributed by atoms with Crippen LogP contribution in [-0.4, -0.2) is 80.6 Å². The molecule has 0 unspecified atom stereocenters. The van der Waals surface area contributed by atoms with Gasteiger partial charge in [-0.25, -0.2) is 0 Å². The van der Waals surface area contributed by atoms with Crippen LogP contribution in [0.2, 0.25) is 0 Å². The summed E-state index contributed by atoms with van der Waals surface area (Å²) in [6.07, 6.45) is 4.61. The minimum Gasteiger partial charge on any atom is -0.375 e. The van der Waals surface area contributed by atoms with Gasteiger partial charge in [0.2, 0.25) is 5.91 Å². The highest BCUT2D eigenvalue weighted by Gasteiger charge is 2.29. The fourth-order valence-electron chi connectivity index (χ4n) is 4.27. The second kappa shape index (κ2) is 15.4. The monoisotopic (exact) mass is 557 g/mol. The van der Waals surface area contributed by atoms with Crippen molar-refractivity contribution in [3.63, 3.8) is 0 Å². The summed E-state index contributed by atoms with van der Waals surface area (Å²) in [5.41, 5.74) is 1.19. The molecule has 2 fully saturated rings. The Morgan fingerprint density at radius 3 is 2.50 bits per heavy atom. The van der Waals surface area contributed by atoms with E-state index in [1.807, 2.05) is 18.2 Å². The molecule has 0 aromatic heterocycles. The molecule has 1 saturated heterocycles. The average molecular weight is 558 g/mol. The first-order valence-corrected chi connectivity index (χ1v) is 11.9. The van der Waals surface area contributed by atoms with Crippen LogP contribution in [0, 0.1) is 5.92 Å². The van der Waals surface area contributed by atoms with Crippen LogP contribution >= 0.6 is 24.0 Å². The van der Waals surface area contributed by atoms with Gasteiger partial charge in [-0.15, -0.1) is 24.0 Å². The average Bonchev–Trinajstić information content (AvgIpc) is 3.34. The van der Waals surface area contributed by atoms with Crippen LogP contribution < -0.4 is 10.6 Å². The summed E-state index contributed by atoms with van der Waals surface area (Å²) < 4.78 is 5.73. The number of guanidine groups is 1. The molecule has 1 amide bonds. The van der Waals surface area contributed by atoms with Crippen LogP contribution in [0.3, 0.4) is 0 Å². The Hall–Kier alpha value is -1.39. The summed E-state index contributed by atoms with van der Waals surface area (Å²) in [6.45, 7) is 10.2. The van der Waals surface area contributed by atoms with Gasteiger partial charge in [-0.2, -0.15) is 0 Å². The van der Waals surface area contributed by atoms with Gasteiger partial charge in [0.1, 0.15) is 0 Å². The molecular weight excluding hydrogens is 517 g/mol. The first kappa shape index (κ1) is 26.9. The summed E-state index contributed by atoms with van der Waals surface area (Å²) >= 11 is 0. The highest BCUT2D eigenvalue weighted by molar-refractivity contribution is 14.0. The number of piperazine rings is 1. The number of nitrogens with zero attached hydrogens (tertiary/aromatic N) is 3. The lowest BCUT2D eigenvalue weighted by Crippen LogP contribution is -2.50. The SMILES string of the molecule is CCNC(=NCCN1CCN(C(=O)C2CCCC2)CC1)NCCOCc1ccccc1.I.